The van der Waals surface area contributed by atoms with Crippen molar-refractivity contribution in [2.24, 2.45) is 0 Å². The van der Waals surface area contributed by atoms with Gasteiger partial charge in [0.15, 0.2) is 69.8 Å². The highest BCUT2D eigenvalue weighted by Crippen LogP contribution is 2.46. The predicted octanol–water partition coefficient (Wildman–Crippen LogP) is 14.8. The third-order valence-corrected chi connectivity index (χ3v) is 15.2. The van der Waals surface area contributed by atoms with E-state index in [1.54, 1.807) is 0 Å². The Morgan fingerprint density at radius 3 is 0.793 bits per heavy atom. The lowest BCUT2D eigenvalue weighted by atomic mass is 9.12. The summed E-state index contributed by atoms with van der Waals surface area (Å²) in [4.78, 5) is 0. The Balaban J connectivity index is 0.000000208. The zero-order chi connectivity index (χ0) is 63.8. The summed E-state index contributed by atoms with van der Waals surface area (Å²) in [5.41, 5.74) is -1.23. The number of benzene rings is 9. The average Bonchev–Trinajstić information content (AvgIpc) is 0.926. The van der Waals surface area contributed by atoms with Crippen molar-refractivity contribution < 1.29 is 92.4 Å². The lowest BCUT2D eigenvalue weighted by Gasteiger charge is -2.44. The molecule has 0 N–H and O–H groups in total. The highest BCUT2D eigenvalue weighted by molar-refractivity contribution is 7.20. The van der Waals surface area contributed by atoms with E-state index in [1.807, 2.05) is 0 Å². The summed E-state index contributed by atoms with van der Waals surface area (Å²) in [5.74, 6) is -70.2. The normalized spacial score (nSPS) is 11.8. The van der Waals surface area contributed by atoms with Crippen molar-refractivity contribution in [3.05, 3.63) is 300 Å². The zero-order valence-electron chi connectivity index (χ0n) is 45.7. The largest absolute Gasteiger partial charge is 0.286 e. The molecule has 0 aliphatic heterocycles. The maximum atomic E-state index is 15.4. The molecule has 10 aromatic rings. The fourth-order valence-corrected chi connectivity index (χ4v) is 12.0. The Kier molecular flexibility index (Phi) is 16.7. The van der Waals surface area contributed by atoms with Gasteiger partial charge in [0.1, 0.15) is 81.9 Å². The van der Waals surface area contributed by atoms with Gasteiger partial charge in [-0.05, 0) is 80.5 Å². The van der Waals surface area contributed by atoms with Crippen LogP contribution in [-0.2, 0) is 5.41 Å². The van der Waals surface area contributed by atoms with Gasteiger partial charge in [0, 0.05) is 0 Å². The van der Waals surface area contributed by atoms with Gasteiger partial charge < -0.3 is 0 Å². The minimum absolute atomic E-state index is 0.624. The summed E-state index contributed by atoms with van der Waals surface area (Å²) in [7, 11) is 0. The van der Waals surface area contributed by atoms with E-state index in [0.717, 1.165) is 0 Å². The van der Waals surface area contributed by atoms with Crippen molar-refractivity contribution in [1.82, 2.24) is 4.57 Å². The van der Waals surface area contributed by atoms with Gasteiger partial charge >= 0.3 is 0 Å². The van der Waals surface area contributed by atoms with Crippen molar-refractivity contribution in [3.63, 3.8) is 0 Å². The van der Waals surface area contributed by atoms with Gasteiger partial charge in [0.2, 0.25) is 0 Å². The molecule has 2 nitrogen and oxygen atoms in total. The first-order chi connectivity index (χ1) is 41.0. The van der Waals surface area contributed by atoms with Crippen LogP contribution in [-0.4, -0.2) is 10.7 Å². The van der Waals surface area contributed by atoms with E-state index < -0.39 is 150 Å². The maximum absolute atomic E-state index is 15.4. The highest BCUT2D eigenvalue weighted by Gasteiger charge is 2.53. The first kappa shape index (κ1) is 62.4. The van der Waals surface area contributed by atoms with Crippen molar-refractivity contribution in [1.29, 1.82) is 0 Å². The number of imidazole rings is 1. The molecule has 1 aromatic heterocycles. The van der Waals surface area contributed by atoms with Crippen molar-refractivity contribution in [3.8, 4) is 11.4 Å². The number of halogens is 20. The second-order valence-electron chi connectivity index (χ2n) is 20.5. The number of hydrogen-bond acceptors (Lipinski definition) is 0. The molecule has 448 valence electrons. The summed E-state index contributed by atoms with van der Waals surface area (Å²) in [6.07, 6.45) is -2.68. The van der Waals surface area contributed by atoms with Crippen LogP contribution in [0.15, 0.2) is 128 Å². The maximum Gasteiger partial charge on any atom is 0.286 e. The summed E-state index contributed by atoms with van der Waals surface area (Å²) in [5, 5.41) is 0. The molecule has 87 heavy (non-hydrogen) atoms. The van der Waals surface area contributed by atoms with Crippen LogP contribution in [0.3, 0.4) is 0 Å². The van der Waals surface area contributed by atoms with E-state index in [4.69, 9.17) is 0 Å². The molecule has 10 rings (SSSR count). The van der Waals surface area contributed by atoms with Gasteiger partial charge in [-0.15, -0.1) is 21.9 Å². The Morgan fingerprint density at radius 1 is 0.310 bits per heavy atom. The lowest BCUT2D eigenvalue weighted by molar-refractivity contribution is -0.607. The first-order valence-corrected chi connectivity index (χ1v) is 25.7. The van der Waals surface area contributed by atoms with Gasteiger partial charge in [-0.25, -0.2) is 87.8 Å². The molecule has 9 aromatic carbocycles. The van der Waals surface area contributed by atoms with Crippen LogP contribution >= 0.6 is 0 Å². The molecule has 1 heterocycles. The third kappa shape index (κ3) is 9.59. The quantitative estimate of drug-likeness (QED) is 0.0322. The van der Waals surface area contributed by atoms with Gasteiger partial charge in [0.25, 0.3) is 5.82 Å². The van der Waals surface area contributed by atoms with Crippen LogP contribution in [0.5, 0.6) is 0 Å². The fourth-order valence-electron chi connectivity index (χ4n) is 12.0. The zero-order valence-corrected chi connectivity index (χ0v) is 45.7. The molecule has 0 saturated heterocycles. The average molecular weight is 1230 g/mol. The molecule has 0 radical (unpaired) electrons. The Hall–Kier alpha value is -9.15. The summed E-state index contributed by atoms with van der Waals surface area (Å²) in [6, 6.07) is 42.2. The molecule has 0 unspecified atom stereocenters. The Labute approximate surface area is 481 Å². The van der Waals surface area contributed by atoms with Gasteiger partial charge in [-0.1, -0.05) is 126 Å². The lowest BCUT2D eigenvalue weighted by Crippen LogP contribution is -2.81. The third-order valence-electron chi connectivity index (χ3n) is 15.2. The summed E-state index contributed by atoms with van der Waals surface area (Å²) in [6.45, 7) is 13.3. The van der Waals surface area contributed by atoms with E-state index in [1.165, 1.54) is 67.3 Å². The highest BCUT2D eigenvalue weighted by atomic mass is 19.2. The second kappa shape index (κ2) is 23.3. The van der Waals surface area contributed by atoms with Crippen LogP contribution < -0.4 is 26.4 Å². The molecule has 0 atom stereocenters. The second-order valence-corrected chi connectivity index (χ2v) is 20.5. The summed E-state index contributed by atoms with van der Waals surface area (Å²) < 4.78 is 299. The van der Waals surface area contributed by atoms with Crippen molar-refractivity contribution in [2.75, 3.05) is 0 Å². The molecular formula is C64H39BF20N2. The first-order valence-electron chi connectivity index (χ1n) is 25.7. The standard InChI is InChI=1S/C40H39N2.C24BF20/c1-28-24-30(3)37(31(4)25-28)41-22-23-42(38-32(5)26-29(2)27-33(38)6)39(41)40(34-16-10-7-11-17-34,35-18-12-8-13-19-35)36-20-14-9-15-21-36;26-5-1(6(27)14(35)21(42)13(5)34)25(2-7(28)15(36)22(43)16(37)8(2)29,3-9(30)17(38)23(44)18(39)10(3)31)4-11(32)19(40)24(45)20(41)12(4)33/h7-27H,1-6H3;/q+1;-1. The van der Waals surface area contributed by atoms with Crippen LogP contribution in [0.4, 0.5) is 87.8 Å². The van der Waals surface area contributed by atoms with E-state index in [0.29, 0.717) is 0 Å². The molecule has 23 heteroatoms. The minimum atomic E-state index is -7.22. The monoisotopic (exact) mass is 1230 g/mol. The van der Waals surface area contributed by atoms with E-state index in [9.17, 15) is 52.7 Å². The minimum Gasteiger partial charge on any atom is -0.207 e. The molecule has 0 aliphatic carbocycles. The van der Waals surface area contributed by atoms with E-state index in [2.05, 4.69) is 178 Å². The molecule has 0 fully saturated rings. The molecule has 0 aliphatic rings. The predicted molar refractivity (Wildman–Crippen MR) is 283 cm³/mol. The van der Waals surface area contributed by atoms with Crippen LogP contribution in [0.25, 0.3) is 11.4 Å². The number of aromatic nitrogens is 2. The van der Waals surface area contributed by atoms with Crippen molar-refractivity contribution >= 4 is 28.0 Å². The molecule has 0 bridgehead atoms. The van der Waals surface area contributed by atoms with Gasteiger partial charge in [-0.3, -0.25) is 0 Å². The van der Waals surface area contributed by atoms with Gasteiger partial charge in [0.05, 0.1) is 0 Å². The smallest absolute Gasteiger partial charge is 0.207 e. The molecule has 0 spiro atoms. The Bertz CT molecular complexity index is 3800. The number of hydrogen-bond donors (Lipinski definition) is 0. The molecular weight excluding hydrogens is 1190 g/mol. The fraction of sp³-hybridized carbons (Fsp3) is 0.109. The van der Waals surface area contributed by atoms with E-state index in [-0.39, 0.29) is 0 Å². The van der Waals surface area contributed by atoms with Crippen molar-refractivity contribution in [2.45, 2.75) is 47.0 Å². The Morgan fingerprint density at radius 2 is 0.540 bits per heavy atom. The van der Waals surface area contributed by atoms with E-state index >= 15 is 35.1 Å². The SMILES string of the molecule is Cc1cc(C)c(-n2cc[n+](-c3c(C)cc(C)cc3C)c2C(c2ccccc2)(c2ccccc2)c2ccccc2)c(C)c1.Fc1c(F)c(F)c([B-](c2c(F)c(F)c(F)c(F)c2F)(c2c(F)c(F)c(F)c(F)c2F)c2c(F)c(F)c(F)c(F)c2F)c(F)c1F. The summed E-state index contributed by atoms with van der Waals surface area (Å²) >= 11 is 0. The number of aryl methyl sites for hydroxylation is 6. The topological polar surface area (TPSA) is 8.81 Å². The molecule has 0 saturated carbocycles. The van der Waals surface area contributed by atoms with Crippen LogP contribution in [0.2, 0.25) is 0 Å². The number of rotatable bonds is 10. The van der Waals surface area contributed by atoms with Crippen LogP contribution in [0, 0.1) is 158 Å². The molecule has 0 amide bonds. The van der Waals surface area contributed by atoms with Gasteiger partial charge in [-0.2, -0.15) is 9.13 Å². The number of nitrogens with zero attached hydrogens (tertiary/aromatic N) is 2. The van der Waals surface area contributed by atoms with Crippen LogP contribution in [0.1, 0.15) is 55.9 Å².